The third kappa shape index (κ3) is 4.72. The monoisotopic (exact) mass is 495 g/mol. The lowest BCUT2D eigenvalue weighted by Crippen LogP contribution is -2.52. The van der Waals surface area contributed by atoms with E-state index in [2.05, 4.69) is 17.2 Å². The molecule has 37 heavy (non-hydrogen) atoms. The van der Waals surface area contributed by atoms with Crippen LogP contribution >= 0.6 is 0 Å². The second-order valence-electron chi connectivity index (χ2n) is 9.57. The number of amides is 2. The first kappa shape index (κ1) is 23.4. The number of hydrogen-bond donors (Lipinski definition) is 0. The van der Waals surface area contributed by atoms with Crippen LogP contribution in [0.1, 0.15) is 28.8 Å². The number of ether oxygens (including phenoxy) is 1. The summed E-state index contributed by atoms with van der Waals surface area (Å²) in [5.41, 5.74) is 4.05. The van der Waals surface area contributed by atoms with Crippen molar-refractivity contribution in [1.29, 1.82) is 0 Å². The molecule has 8 nitrogen and oxygen atoms in total. The SMILES string of the molecule is O=C(c1cc(-c2ccccc2)nc2c1cnn2Cc1ccccc1)N1CCN(C(=O)C2CCCO2)CC1. The van der Waals surface area contributed by atoms with Gasteiger partial charge in [0.25, 0.3) is 11.8 Å². The van der Waals surface area contributed by atoms with E-state index in [-0.39, 0.29) is 17.9 Å². The number of hydrogen-bond acceptors (Lipinski definition) is 5. The van der Waals surface area contributed by atoms with Crippen LogP contribution in [0.2, 0.25) is 0 Å². The first-order valence-electron chi connectivity index (χ1n) is 12.8. The van der Waals surface area contributed by atoms with Gasteiger partial charge < -0.3 is 14.5 Å². The smallest absolute Gasteiger partial charge is 0.254 e. The Kier molecular flexibility index (Phi) is 6.40. The highest BCUT2D eigenvalue weighted by molar-refractivity contribution is 6.06. The van der Waals surface area contributed by atoms with Crippen molar-refractivity contribution in [2.24, 2.45) is 0 Å². The van der Waals surface area contributed by atoms with Gasteiger partial charge in [-0.1, -0.05) is 60.7 Å². The van der Waals surface area contributed by atoms with Crippen LogP contribution in [0.4, 0.5) is 0 Å². The van der Waals surface area contributed by atoms with E-state index in [0.29, 0.717) is 50.5 Å². The van der Waals surface area contributed by atoms with Crippen LogP contribution in [0, 0.1) is 0 Å². The van der Waals surface area contributed by atoms with Gasteiger partial charge in [0.1, 0.15) is 6.10 Å². The highest BCUT2D eigenvalue weighted by Gasteiger charge is 2.32. The van der Waals surface area contributed by atoms with Crippen molar-refractivity contribution >= 4 is 22.8 Å². The predicted octanol–water partition coefficient (Wildman–Crippen LogP) is 3.61. The van der Waals surface area contributed by atoms with Crippen molar-refractivity contribution in [3.8, 4) is 11.3 Å². The van der Waals surface area contributed by atoms with Gasteiger partial charge in [0.2, 0.25) is 0 Å². The van der Waals surface area contributed by atoms with Crippen molar-refractivity contribution < 1.29 is 14.3 Å². The average molecular weight is 496 g/mol. The summed E-state index contributed by atoms with van der Waals surface area (Å²) in [5.74, 6) is -0.0162. The maximum Gasteiger partial charge on any atom is 0.254 e. The van der Waals surface area contributed by atoms with Crippen LogP contribution < -0.4 is 0 Å². The number of benzene rings is 2. The van der Waals surface area contributed by atoms with E-state index in [9.17, 15) is 9.59 Å². The maximum absolute atomic E-state index is 13.8. The second kappa shape index (κ2) is 10.1. The molecule has 4 aromatic rings. The van der Waals surface area contributed by atoms with Gasteiger partial charge in [0.05, 0.1) is 29.4 Å². The normalized spacial score (nSPS) is 17.9. The molecule has 0 saturated carbocycles. The molecule has 1 atom stereocenters. The van der Waals surface area contributed by atoms with Crippen molar-refractivity contribution in [1.82, 2.24) is 24.6 Å². The Labute approximate surface area is 215 Å². The van der Waals surface area contributed by atoms with Gasteiger partial charge in [-0.05, 0) is 24.5 Å². The van der Waals surface area contributed by atoms with Gasteiger partial charge in [0, 0.05) is 38.3 Å². The van der Waals surface area contributed by atoms with Gasteiger partial charge in [-0.2, -0.15) is 5.10 Å². The lowest BCUT2D eigenvalue weighted by molar-refractivity contribution is -0.142. The molecule has 2 amide bonds. The predicted molar refractivity (Wildman–Crippen MR) is 140 cm³/mol. The van der Waals surface area contributed by atoms with E-state index in [1.807, 2.05) is 69.1 Å². The summed E-state index contributed by atoms with van der Waals surface area (Å²) in [6.07, 6.45) is 3.12. The Morgan fingerprint density at radius 3 is 2.32 bits per heavy atom. The Morgan fingerprint density at radius 2 is 1.62 bits per heavy atom. The molecule has 6 rings (SSSR count). The highest BCUT2D eigenvalue weighted by Crippen LogP contribution is 2.27. The number of fused-ring (bicyclic) bond motifs is 1. The lowest BCUT2D eigenvalue weighted by Gasteiger charge is -2.35. The molecular weight excluding hydrogens is 466 g/mol. The fraction of sp³-hybridized carbons (Fsp3) is 0.310. The minimum atomic E-state index is -0.328. The van der Waals surface area contributed by atoms with Gasteiger partial charge >= 0.3 is 0 Å². The van der Waals surface area contributed by atoms with Crippen LogP contribution in [0.5, 0.6) is 0 Å². The van der Waals surface area contributed by atoms with Crippen LogP contribution in [0.3, 0.4) is 0 Å². The molecule has 2 aliphatic rings. The van der Waals surface area contributed by atoms with E-state index in [1.165, 1.54) is 0 Å². The van der Waals surface area contributed by atoms with Crippen molar-refractivity contribution in [3.63, 3.8) is 0 Å². The molecule has 0 radical (unpaired) electrons. The zero-order chi connectivity index (χ0) is 25.2. The van der Waals surface area contributed by atoms with E-state index < -0.39 is 0 Å². The molecule has 8 heteroatoms. The van der Waals surface area contributed by atoms with Crippen molar-refractivity contribution in [2.75, 3.05) is 32.8 Å². The van der Waals surface area contributed by atoms with E-state index in [4.69, 9.17) is 9.72 Å². The molecule has 0 spiro atoms. The fourth-order valence-corrected chi connectivity index (χ4v) is 5.13. The van der Waals surface area contributed by atoms with Crippen molar-refractivity contribution in [2.45, 2.75) is 25.5 Å². The first-order valence-corrected chi connectivity index (χ1v) is 12.8. The lowest BCUT2D eigenvalue weighted by atomic mass is 10.1. The third-order valence-electron chi connectivity index (χ3n) is 7.17. The molecule has 2 aromatic heterocycles. The summed E-state index contributed by atoms with van der Waals surface area (Å²) < 4.78 is 7.43. The molecule has 2 aromatic carbocycles. The van der Waals surface area contributed by atoms with Gasteiger partial charge in [-0.25, -0.2) is 9.67 Å². The van der Waals surface area contributed by atoms with Crippen LogP contribution in [0.25, 0.3) is 22.3 Å². The van der Waals surface area contributed by atoms with Gasteiger partial charge in [-0.15, -0.1) is 0 Å². The third-order valence-corrected chi connectivity index (χ3v) is 7.17. The summed E-state index contributed by atoms with van der Waals surface area (Å²) in [6.45, 7) is 3.21. The zero-order valence-corrected chi connectivity index (χ0v) is 20.6. The Hall–Kier alpha value is -4.04. The molecule has 2 fully saturated rings. The number of aromatic nitrogens is 3. The molecule has 0 aliphatic carbocycles. The Balaban J connectivity index is 1.30. The number of piperazine rings is 1. The van der Waals surface area contributed by atoms with Crippen LogP contribution in [0.15, 0.2) is 72.9 Å². The van der Waals surface area contributed by atoms with E-state index in [1.54, 1.807) is 6.20 Å². The highest BCUT2D eigenvalue weighted by atomic mass is 16.5. The molecular formula is C29H29N5O3. The summed E-state index contributed by atoms with van der Waals surface area (Å²) >= 11 is 0. The average Bonchev–Trinajstić information content (AvgIpc) is 3.64. The molecule has 2 aliphatic heterocycles. The van der Waals surface area contributed by atoms with Crippen LogP contribution in [-0.4, -0.2) is 75.3 Å². The standard InChI is InChI=1S/C29H29N5O3/c35-28(32-13-15-33(16-14-32)29(36)26-12-7-17-37-26)23-18-25(22-10-5-2-6-11-22)31-27-24(23)19-30-34(27)20-21-8-3-1-4-9-21/h1-6,8-11,18-19,26H,7,12-17,20H2. The van der Waals surface area contributed by atoms with Crippen LogP contribution in [-0.2, 0) is 16.1 Å². The Bertz CT molecular complexity index is 1410. The molecule has 4 heterocycles. The number of carbonyl (C=O) groups is 2. The van der Waals surface area contributed by atoms with E-state index >= 15 is 0 Å². The number of carbonyl (C=O) groups excluding carboxylic acids is 2. The molecule has 1 unspecified atom stereocenters. The topological polar surface area (TPSA) is 80.6 Å². The van der Waals surface area contributed by atoms with Gasteiger partial charge in [-0.3, -0.25) is 9.59 Å². The van der Waals surface area contributed by atoms with Gasteiger partial charge in [0.15, 0.2) is 5.65 Å². The van der Waals surface area contributed by atoms with Crippen molar-refractivity contribution in [3.05, 3.63) is 84.1 Å². The summed E-state index contributed by atoms with van der Waals surface area (Å²) in [5, 5.41) is 5.34. The first-order chi connectivity index (χ1) is 18.2. The minimum absolute atomic E-state index is 0.0458. The largest absolute Gasteiger partial charge is 0.368 e. The maximum atomic E-state index is 13.8. The Morgan fingerprint density at radius 1 is 0.919 bits per heavy atom. The number of rotatable bonds is 5. The number of pyridine rings is 1. The molecule has 0 N–H and O–H groups in total. The summed E-state index contributed by atoms with van der Waals surface area (Å²) in [7, 11) is 0. The number of nitrogens with zero attached hydrogens (tertiary/aromatic N) is 5. The molecule has 2 saturated heterocycles. The second-order valence-corrected chi connectivity index (χ2v) is 9.57. The van der Waals surface area contributed by atoms with E-state index in [0.717, 1.165) is 35.0 Å². The summed E-state index contributed by atoms with van der Waals surface area (Å²) in [4.78, 5) is 35.2. The quantitative estimate of drug-likeness (QED) is 0.423. The molecule has 188 valence electrons. The fourth-order valence-electron chi connectivity index (χ4n) is 5.13. The summed E-state index contributed by atoms with van der Waals surface area (Å²) in [6, 6.07) is 21.9. The zero-order valence-electron chi connectivity index (χ0n) is 20.6. The molecule has 0 bridgehead atoms. The minimum Gasteiger partial charge on any atom is -0.368 e.